The molecule has 1 aromatic heterocycles. The molecule has 0 bridgehead atoms. The van der Waals surface area contributed by atoms with Crippen molar-refractivity contribution in [2.24, 2.45) is 0 Å². The van der Waals surface area contributed by atoms with E-state index in [0.29, 0.717) is 5.02 Å². The maximum absolute atomic E-state index is 10.5. The summed E-state index contributed by atoms with van der Waals surface area (Å²) in [5.74, 6) is 0. The molecular formula is C14H17ClN2O. The molecule has 2 atom stereocenters. The van der Waals surface area contributed by atoms with Gasteiger partial charge in [0.25, 0.3) is 0 Å². The lowest BCUT2D eigenvalue weighted by Gasteiger charge is -2.27. The summed E-state index contributed by atoms with van der Waals surface area (Å²) >= 11 is 5.96. The van der Waals surface area contributed by atoms with E-state index in [4.69, 9.17) is 11.6 Å². The highest BCUT2D eigenvalue weighted by Gasteiger charge is 2.24. The van der Waals surface area contributed by atoms with Crippen LogP contribution in [0.2, 0.25) is 5.02 Å². The highest BCUT2D eigenvalue weighted by molar-refractivity contribution is 6.31. The molecule has 2 unspecified atom stereocenters. The van der Waals surface area contributed by atoms with Crippen molar-refractivity contribution >= 4 is 22.5 Å². The van der Waals surface area contributed by atoms with Crippen molar-refractivity contribution in [1.29, 1.82) is 0 Å². The maximum atomic E-state index is 10.5. The third-order valence-corrected chi connectivity index (χ3v) is 3.96. The topological polar surface area (TPSA) is 48.0 Å². The molecule has 1 aromatic carbocycles. The van der Waals surface area contributed by atoms with Crippen LogP contribution in [0, 0.1) is 0 Å². The Bertz CT molecular complexity index is 546. The lowest BCUT2D eigenvalue weighted by Crippen LogP contribution is -2.38. The molecule has 18 heavy (non-hydrogen) atoms. The zero-order valence-corrected chi connectivity index (χ0v) is 10.9. The van der Waals surface area contributed by atoms with Gasteiger partial charge >= 0.3 is 0 Å². The second-order valence-electron chi connectivity index (χ2n) is 4.94. The van der Waals surface area contributed by atoms with Crippen LogP contribution in [0.1, 0.15) is 30.9 Å². The van der Waals surface area contributed by atoms with E-state index in [1.807, 2.05) is 24.4 Å². The minimum Gasteiger partial charge on any atom is -0.387 e. The molecule has 3 nitrogen and oxygen atoms in total. The second kappa shape index (κ2) is 4.92. The van der Waals surface area contributed by atoms with Crippen molar-refractivity contribution in [2.45, 2.75) is 31.4 Å². The number of aliphatic hydroxyl groups excluding tert-OH is 1. The molecule has 0 aliphatic carbocycles. The van der Waals surface area contributed by atoms with Gasteiger partial charge in [0.05, 0.1) is 6.10 Å². The number of hydrogen-bond donors (Lipinski definition) is 3. The normalized spacial score (nSPS) is 22.2. The molecule has 3 rings (SSSR count). The predicted molar refractivity (Wildman–Crippen MR) is 73.9 cm³/mol. The minimum atomic E-state index is -0.458. The lowest BCUT2D eigenvalue weighted by molar-refractivity contribution is 0.115. The molecule has 4 heteroatoms. The van der Waals surface area contributed by atoms with E-state index in [2.05, 4.69) is 10.3 Å². The molecule has 0 spiro atoms. The first-order chi connectivity index (χ1) is 8.75. The first kappa shape index (κ1) is 12.0. The minimum absolute atomic E-state index is 0.161. The Morgan fingerprint density at radius 3 is 3.00 bits per heavy atom. The molecule has 0 radical (unpaired) electrons. The molecule has 0 amide bonds. The van der Waals surface area contributed by atoms with Gasteiger partial charge in [0.1, 0.15) is 0 Å². The Morgan fingerprint density at radius 2 is 2.22 bits per heavy atom. The molecule has 2 aromatic rings. The van der Waals surface area contributed by atoms with E-state index in [0.717, 1.165) is 29.4 Å². The lowest BCUT2D eigenvalue weighted by atomic mass is 9.95. The third kappa shape index (κ3) is 2.14. The van der Waals surface area contributed by atoms with Gasteiger partial charge in [0.15, 0.2) is 0 Å². The van der Waals surface area contributed by atoms with Gasteiger partial charge in [-0.3, -0.25) is 0 Å². The van der Waals surface area contributed by atoms with Crippen LogP contribution in [0.4, 0.5) is 0 Å². The molecule has 96 valence electrons. The molecule has 0 saturated carbocycles. The number of piperidine rings is 1. The van der Waals surface area contributed by atoms with Gasteiger partial charge in [-0.2, -0.15) is 0 Å². The standard InChI is InChI=1S/C14H17ClN2O/c15-9-4-5-10-11(8-17-13(10)7-9)14(18)12-3-1-2-6-16-12/h4-5,7-8,12,14,16-18H,1-3,6H2. The molecule has 1 fully saturated rings. The molecule has 1 aliphatic rings. The summed E-state index contributed by atoms with van der Waals surface area (Å²) < 4.78 is 0. The van der Waals surface area contributed by atoms with Crippen LogP contribution in [0.25, 0.3) is 10.9 Å². The van der Waals surface area contributed by atoms with E-state index in [9.17, 15) is 5.11 Å². The number of hydrogen-bond acceptors (Lipinski definition) is 2. The van der Waals surface area contributed by atoms with E-state index < -0.39 is 6.10 Å². The van der Waals surface area contributed by atoms with Crippen molar-refractivity contribution < 1.29 is 5.11 Å². The summed E-state index contributed by atoms with van der Waals surface area (Å²) in [6.45, 7) is 0.996. The quantitative estimate of drug-likeness (QED) is 0.781. The molecule has 1 aliphatic heterocycles. The molecular weight excluding hydrogens is 248 g/mol. The van der Waals surface area contributed by atoms with Crippen LogP contribution in [-0.4, -0.2) is 22.7 Å². The average molecular weight is 265 g/mol. The van der Waals surface area contributed by atoms with Gasteiger partial charge in [-0.05, 0) is 31.5 Å². The first-order valence-electron chi connectivity index (χ1n) is 6.44. The largest absolute Gasteiger partial charge is 0.387 e. The number of aromatic amines is 1. The summed E-state index contributed by atoms with van der Waals surface area (Å²) in [6, 6.07) is 5.88. The number of fused-ring (bicyclic) bond motifs is 1. The van der Waals surface area contributed by atoms with Crippen LogP contribution < -0.4 is 5.32 Å². The van der Waals surface area contributed by atoms with Gasteiger partial charge in [-0.1, -0.05) is 24.1 Å². The van der Waals surface area contributed by atoms with Crippen LogP contribution in [0.5, 0.6) is 0 Å². The molecule has 1 saturated heterocycles. The smallest absolute Gasteiger partial charge is 0.0963 e. The van der Waals surface area contributed by atoms with E-state index >= 15 is 0 Å². The first-order valence-corrected chi connectivity index (χ1v) is 6.81. The van der Waals surface area contributed by atoms with Gasteiger partial charge < -0.3 is 15.4 Å². The van der Waals surface area contributed by atoms with E-state index in [1.54, 1.807) is 0 Å². The summed E-state index contributed by atoms with van der Waals surface area (Å²) in [6.07, 6.45) is 4.85. The predicted octanol–water partition coefficient (Wildman–Crippen LogP) is 3.00. The Balaban J connectivity index is 1.93. The Hall–Kier alpha value is -1.03. The SMILES string of the molecule is OC(c1c[nH]c2cc(Cl)ccc12)C1CCCCN1. The van der Waals surface area contributed by atoms with Gasteiger partial charge in [0, 0.05) is 33.7 Å². The number of aromatic nitrogens is 1. The molecule has 2 heterocycles. The fourth-order valence-electron chi connectivity index (χ4n) is 2.73. The van der Waals surface area contributed by atoms with Crippen molar-refractivity contribution in [3.63, 3.8) is 0 Å². The number of benzene rings is 1. The second-order valence-corrected chi connectivity index (χ2v) is 5.37. The van der Waals surface area contributed by atoms with Crippen molar-refractivity contribution in [1.82, 2.24) is 10.3 Å². The number of nitrogens with one attached hydrogen (secondary N) is 2. The summed E-state index contributed by atoms with van der Waals surface area (Å²) in [4.78, 5) is 3.18. The van der Waals surface area contributed by atoms with Crippen molar-refractivity contribution in [3.05, 3.63) is 35.0 Å². The highest BCUT2D eigenvalue weighted by Crippen LogP contribution is 2.30. The van der Waals surface area contributed by atoms with E-state index in [-0.39, 0.29) is 6.04 Å². The van der Waals surface area contributed by atoms with Gasteiger partial charge in [-0.25, -0.2) is 0 Å². The summed E-state index contributed by atoms with van der Waals surface area (Å²) in [5, 5.41) is 15.6. The monoisotopic (exact) mass is 264 g/mol. The van der Waals surface area contributed by atoms with Crippen LogP contribution in [0.15, 0.2) is 24.4 Å². The number of rotatable bonds is 2. The highest BCUT2D eigenvalue weighted by atomic mass is 35.5. The Morgan fingerprint density at radius 1 is 1.33 bits per heavy atom. The summed E-state index contributed by atoms with van der Waals surface area (Å²) in [7, 11) is 0. The van der Waals surface area contributed by atoms with Crippen LogP contribution in [-0.2, 0) is 0 Å². The summed E-state index contributed by atoms with van der Waals surface area (Å²) in [5.41, 5.74) is 1.94. The maximum Gasteiger partial charge on any atom is 0.0963 e. The Labute approximate surface area is 111 Å². The van der Waals surface area contributed by atoms with Crippen molar-refractivity contribution in [2.75, 3.05) is 6.54 Å². The number of H-pyrrole nitrogens is 1. The Kier molecular flexibility index (Phi) is 3.29. The molecule has 3 N–H and O–H groups in total. The average Bonchev–Trinajstić information content (AvgIpc) is 2.81. The fraction of sp³-hybridized carbons (Fsp3) is 0.429. The van der Waals surface area contributed by atoms with Crippen molar-refractivity contribution in [3.8, 4) is 0 Å². The number of halogens is 1. The fourth-order valence-corrected chi connectivity index (χ4v) is 2.90. The van der Waals surface area contributed by atoms with Crippen LogP contribution in [0.3, 0.4) is 0 Å². The van der Waals surface area contributed by atoms with Crippen LogP contribution >= 0.6 is 11.6 Å². The zero-order chi connectivity index (χ0) is 12.5. The zero-order valence-electron chi connectivity index (χ0n) is 10.1. The third-order valence-electron chi connectivity index (χ3n) is 3.72. The van der Waals surface area contributed by atoms with Gasteiger partial charge in [-0.15, -0.1) is 0 Å². The van der Waals surface area contributed by atoms with E-state index in [1.165, 1.54) is 12.8 Å². The van der Waals surface area contributed by atoms with Gasteiger partial charge in [0.2, 0.25) is 0 Å². The number of aliphatic hydroxyl groups is 1.